The first-order valence-corrected chi connectivity index (χ1v) is 9.79. The number of carbonyl (C=O) groups excluding carboxylic acids is 1. The Morgan fingerprint density at radius 1 is 1.03 bits per heavy atom. The van der Waals surface area contributed by atoms with Gasteiger partial charge in [0.1, 0.15) is 0 Å². The summed E-state index contributed by atoms with van der Waals surface area (Å²) in [5.74, 6) is 0.147. The van der Waals surface area contributed by atoms with Crippen molar-refractivity contribution in [1.82, 2.24) is 14.5 Å². The molecule has 1 fully saturated rings. The molecule has 146 valence electrons. The van der Waals surface area contributed by atoms with E-state index in [1.54, 1.807) is 0 Å². The molecule has 0 radical (unpaired) electrons. The maximum Gasteiger partial charge on any atom is 0.241 e. The van der Waals surface area contributed by atoms with Crippen molar-refractivity contribution in [2.45, 2.75) is 13.0 Å². The quantitative estimate of drug-likeness (QED) is 0.654. The Labute approximate surface area is 170 Å². The average molecular weight is 385 g/mol. The van der Waals surface area contributed by atoms with Crippen molar-refractivity contribution in [2.75, 3.05) is 31.1 Å². The van der Waals surface area contributed by atoms with Crippen LogP contribution in [0.15, 0.2) is 67.1 Å². The van der Waals surface area contributed by atoms with Crippen LogP contribution in [0, 0.1) is 11.3 Å². The molecular formula is C23H23N5O. The standard InChI is InChI=1S/C23H23N5O/c24-14-19-6-8-20(9-7-19)16-27-18-25-15-22(27)10-11-26-12-13-28(23(29)17-26)21-4-2-1-3-5-21/h1-9,15,18H,10-13,16-17H2. The predicted octanol–water partition coefficient (Wildman–Crippen LogP) is 2.69. The molecule has 0 saturated carbocycles. The number of amides is 1. The zero-order valence-electron chi connectivity index (χ0n) is 16.2. The molecule has 2 aromatic carbocycles. The summed E-state index contributed by atoms with van der Waals surface area (Å²) in [4.78, 5) is 20.9. The van der Waals surface area contributed by atoms with Crippen molar-refractivity contribution in [2.24, 2.45) is 0 Å². The molecule has 6 nitrogen and oxygen atoms in total. The van der Waals surface area contributed by atoms with Gasteiger partial charge in [0, 0.05) is 50.2 Å². The molecule has 0 bridgehead atoms. The smallest absolute Gasteiger partial charge is 0.241 e. The van der Waals surface area contributed by atoms with E-state index in [-0.39, 0.29) is 5.91 Å². The summed E-state index contributed by atoms with van der Waals surface area (Å²) in [6, 6.07) is 19.6. The van der Waals surface area contributed by atoms with Crippen molar-refractivity contribution >= 4 is 11.6 Å². The molecule has 1 aliphatic heterocycles. The molecule has 4 rings (SSSR count). The first-order valence-electron chi connectivity index (χ1n) is 9.79. The topological polar surface area (TPSA) is 65.2 Å². The van der Waals surface area contributed by atoms with Gasteiger partial charge in [-0.1, -0.05) is 30.3 Å². The van der Waals surface area contributed by atoms with Gasteiger partial charge in [-0.3, -0.25) is 9.69 Å². The van der Waals surface area contributed by atoms with Crippen LogP contribution in [0.4, 0.5) is 5.69 Å². The zero-order chi connectivity index (χ0) is 20.1. The Balaban J connectivity index is 1.33. The third-order valence-corrected chi connectivity index (χ3v) is 5.29. The van der Waals surface area contributed by atoms with E-state index < -0.39 is 0 Å². The molecule has 0 spiro atoms. The second kappa shape index (κ2) is 8.72. The minimum Gasteiger partial charge on any atom is -0.330 e. The fourth-order valence-electron chi connectivity index (χ4n) is 3.65. The fourth-order valence-corrected chi connectivity index (χ4v) is 3.65. The minimum absolute atomic E-state index is 0.147. The highest BCUT2D eigenvalue weighted by Gasteiger charge is 2.24. The molecule has 1 aromatic heterocycles. The molecule has 0 atom stereocenters. The fraction of sp³-hybridized carbons (Fsp3) is 0.261. The van der Waals surface area contributed by atoms with E-state index >= 15 is 0 Å². The van der Waals surface area contributed by atoms with Crippen LogP contribution in [0.5, 0.6) is 0 Å². The van der Waals surface area contributed by atoms with Crippen LogP contribution >= 0.6 is 0 Å². The zero-order valence-corrected chi connectivity index (χ0v) is 16.2. The van der Waals surface area contributed by atoms with Crippen molar-refractivity contribution in [1.29, 1.82) is 5.26 Å². The summed E-state index contributed by atoms with van der Waals surface area (Å²) in [6.45, 7) is 3.57. The molecule has 3 aromatic rings. The van der Waals surface area contributed by atoms with E-state index in [4.69, 9.17) is 5.26 Å². The molecule has 1 saturated heterocycles. The Morgan fingerprint density at radius 3 is 2.55 bits per heavy atom. The van der Waals surface area contributed by atoms with Crippen LogP contribution in [0.1, 0.15) is 16.8 Å². The van der Waals surface area contributed by atoms with E-state index in [1.807, 2.05) is 72.0 Å². The van der Waals surface area contributed by atoms with E-state index in [0.29, 0.717) is 18.7 Å². The molecule has 1 aliphatic rings. The number of nitrogens with zero attached hydrogens (tertiary/aromatic N) is 5. The van der Waals surface area contributed by atoms with Gasteiger partial charge < -0.3 is 9.47 Å². The SMILES string of the molecule is N#Cc1ccc(Cn2cncc2CCN2CCN(c3ccccc3)C(=O)C2)cc1. The van der Waals surface area contributed by atoms with Crippen molar-refractivity contribution < 1.29 is 4.79 Å². The number of hydrogen-bond donors (Lipinski definition) is 0. The number of para-hydroxylation sites is 1. The number of nitriles is 1. The lowest BCUT2D eigenvalue weighted by Crippen LogP contribution is -2.51. The molecule has 0 N–H and O–H groups in total. The largest absolute Gasteiger partial charge is 0.330 e. The highest BCUT2D eigenvalue weighted by Crippen LogP contribution is 2.17. The van der Waals surface area contributed by atoms with Gasteiger partial charge in [0.15, 0.2) is 0 Å². The van der Waals surface area contributed by atoms with E-state index in [1.165, 1.54) is 0 Å². The Kier molecular flexibility index (Phi) is 5.68. The van der Waals surface area contributed by atoms with Gasteiger partial charge in [-0.15, -0.1) is 0 Å². The number of anilines is 1. The first kappa shape index (κ1) is 18.9. The molecular weight excluding hydrogens is 362 g/mol. The number of rotatable bonds is 6. The van der Waals surface area contributed by atoms with Gasteiger partial charge in [-0.2, -0.15) is 5.26 Å². The summed E-state index contributed by atoms with van der Waals surface area (Å²) in [5.41, 5.74) is 3.92. The Hall–Kier alpha value is -3.43. The number of aromatic nitrogens is 2. The summed E-state index contributed by atoms with van der Waals surface area (Å²) in [5, 5.41) is 8.93. The van der Waals surface area contributed by atoms with Crippen LogP contribution in [-0.2, 0) is 17.8 Å². The molecule has 1 amide bonds. The highest BCUT2D eigenvalue weighted by atomic mass is 16.2. The van der Waals surface area contributed by atoms with Gasteiger partial charge in [0.05, 0.1) is 24.5 Å². The number of hydrogen-bond acceptors (Lipinski definition) is 4. The van der Waals surface area contributed by atoms with Crippen LogP contribution in [-0.4, -0.2) is 46.5 Å². The highest BCUT2D eigenvalue weighted by molar-refractivity contribution is 5.95. The van der Waals surface area contributed by atoms with Gasteiger partial charge in [0.25, 0.3) is 0 Å². The summed E-state index contributed by atoms with van der Waals surface area (Å²) in [7, 11) is 0. The predicted molar refractivity (Wildman–Crippen MR) is 111 cm³/mol. The summed E-state index contributed by atoms with van der Waals surface area (Å²) >= 11 is 0. The van der Waals surface area contributed by atoms with Crippen molar-refractivity contribution in [3.8, 4) is 6.07 Å². The van der Waals surface area contributed by atoms with E-state index in [2.05, 4.69) is 20.5 Å². The third kappa shape index (κ3) is 4.53. The van der Waals surface area contributed by atoms with Crippen LogP contribution in [0.3, 0.4) is 0 Å². The molecule has 0 aliphatic carbocycles. The van der Waals surface area contributed by atoms with Crippen molar-refractivity contribution in [3.63, 3.8) is 0 Å². The van der Waals surface area contributed by atoms with Gasteiger partial charge >= 0.3 is 0 Å². The number of imidazole rings is 1. The van der Waals surface area contributed by atoms with Crippen LogP contribution < -0.4 is 4.90 Å². The minimum atomic E-state index is 0.147. The second-order valence-corrected chi connectivity index (χ2v) is 7.23. The lowest BCUT2D eigenvalue weighted by molar-refractivity contribution is -0.121. The van der Waals surface area contributed by atoms with Gasteiger partial charge in [-0.25, -0.2) is 4.98 Å². The maximum atomic E-state index is 12.6. The lowest BCUT2D eigenvalue weighted by atomic mass is 10.1. The number of carbonyl (C=O) groups is 1. The maximum absolute atomic E-state index is 12.6. The monoisotopic (exact) mass is 385 g/mol. The third-order valence-electron chi connectivity index (χ3n) is 5.29. The van der Waals surface area contributed by atoms with E-state index in [0.717, 1.165) is 43.0 Å². The number of benzene rings is 2. The van der Waals surface area contributed by atoms with Crippen LogP contribution in [0.2, 0.25) is 0 Å². The molecule has 2 heterocycles. The molecule has 0 unspecified atom stereocenters. The van der Waals surface area contributed by atoms with Crippen LogP contribution in [0.25, 0.3) is 0 Å². The lowest BCUT2D eigenvalue weighted by Gasteiger charge is -2.34. The summed E-state index contributed by atoms with van der Waals surface area (Å²) in [6.07, 6.45) is 4.58. The molecule has 6 heteroatoms. The normalized spacial score (nSPS) is 14.7. The molecule has 29 heavy (non-hydrogen) atoms. The van der Waals surface area contributed by atoms with Crippen molar-refractivity contribution in [3.05, 3.63) is 83.9 Å². The second-order valence-electron chi connectivity index (χ2n) is 7.23. The van der Waals surface area contributed by atoms with Gasteiger partial charge in [-0.05, 0) is 29.8 Å². The summed E-state index contributed by atoms with van der Waals surface area (Å²) < 4.78 is 2.13. The first-order chi connectivity index (χ1) is 14.2. The Bertz CT molecular complexity index is 1000. The Morgan fingerprint density at radius 2 is 1.83 bits per heavy atom. The average Bonchev–Trinajstić information content (AvgIpc) is 3.20. The van der Waals surface area contributed by atoms with Gasteiger partial charge in [0.2, 0.25) is 5.91 Å². The van der Waals surface area contributed by atoms with E-state index in [9.17, 15) is 4.79 Å². The number of piperazine rings is 1.